The first kappa shape index (κ1) is 10.8. The van der Waals surface area contributed by atoms with Gasteiger partial charge in [-0.2, -0.15) is 0 Å². The number of aromatic nitrogens is 5. The monoisotopic (exact) mass is 240 g/mol. The van der Waals surface area contributed by atoms with Crippen LogP contribution in [0.25, 0.3) is 0 Å². The smallest absolute Gasteiger partial charge is 0.223 e. The molecule has 1 N–H and O–H groups in total. The van der Waals surface area contributed by atoms with Gasteiger partial charge in [0.05, 0.1) is 6.20 Å². The number of halogens is 1. The fourth-order valence-electron chi connectivity index (χ4n) is 0.995. The van der Waals surface area contributed by atoms with Crippen LogP contribution in [0.4, 0.5) is 10.3 Å². The Morgan fingerprint density at radius 2 is 2.31 bits per heavy atom. The first-order valence-electron chi connectivity index (χ1n) is 4.43. The van der Waals surface area contributed by atoms with Crippen molar-refractivity contribution < 1.29 is 4.39 Å². The summed E-state index contributed by atoms with van der Waals surface area (Å²) < 4.78 is 15.1. The van der Waals surface area contributed by atoms with Crippen LogP contribution in [0.5, 0.6) is 0 Å². The lowest BCUT2D eigenvalue weighted by Gasteiger charge is -2.03. The lowest BCUT2D eigenvalue weighted by molar-refractivity contribution is 0.579. The zero-order valence-corrected chi connectivity index (χ0v) is 9.49. The average molecular weight is 240 g/mol. The van der Waals surface area contributed by atoms with Crippen molar-refractivity contribution in [2.45, 2.75) is 10.2 Å². The van der Waals surface area contributed by atoms with Crippen molar-refractivity contribution in [3.05, 3.63) is 18.3 Å². The lowest BCUT2D eigenvalue weighted by atomic mass is 10.6. The SMILES string of the molecule is CNc1ncc(F)c(Sc2nncn2C)n1. The molecule has 84 valence electrons. The minimum Gasteiger partial charge on any atom is -0.357 e. The average Bonchev–Trinajstić information content (AvgIpc) is 2.68. The molecule has 16 heavy (non-hydrogen) atoms. The van der Waals surface area contributed by atoms with Crippen LogP contribution in [0.2, 0.25) is 0 Å². The van der Waals surface area contributed by atoms with Crippen molar-refractivity contribution >= 4 is 17.7 Å². The molecule has 0 radical (unpaired) electrons. The number of aryl methyl sites for hydroxylation is 1. The molecule has 2 aromatic heterocycles. The molecule has 0 aliphatic carbocycles. The molecule has 2 heterocycles. The van der Waals surface area contributed by atoms with E-state index in [1.54, 1.807) is 25.0 Å². The predicted molar refractivity (Wildman–Crippen MR) is 56.7 cm³/mol. The summed E-state index contributed by atoms with van der Waals surface area (Å²) in [5.41, 5.74) is 0. The highest BCUT2D eigenvalue weighted by Crippen LogP contribution is 2.26. The van der Waals surface area contributed by atoms with E-state index >= 15 is 0 Å². The van der Waals surface area contributed by atoms with E-state index in [1.807, 2.05) is 0 Å². The van der Waals surface area contributed by atoms with Crippen LogP contribution in [0.3, 0.4) is 0 Å². The van der Waals surface area contributed by atoms with Gasteiger partial charge in [0.2, 0.25) is 5.95 Å². The van der Waals surface area contributed by atoms with E-state index in [4.69, 9.17) is 0 Å². The molecule has 8 heteroatoms. The molecule has 0 bridgehead atoms. The molecule has 0 fully saturated rings. The highest BCUT2D eigenvalue weighted by Gasteiger charge is 2.11. The zero-order chi connectivity index (χ0) is 11.5. The fraction of sp³-hybridized carbons (Fsp3) is 0.250. The van der Waals surface area contributed by atoms with Gasteiger partial charge in [0.15, 0.2) is 11.0 Å². The van der Waals surface area contributed by atoms with Crippen LogP contribution in [-0.2, 0) is 7.05 Å². The third kappa shape index (κ3) is 2.11. The van der Waals surface area contributed by atoms with Gasteiger partial charge >= 0.3 is 0 Å². The summed E-state index contributed by atoms with van der Waals surface area (Å²) in [6, 6.07) is 0. The van der Waals surface area contributed by atoms with Crippen LogP contribution >= 0.6 is 11.8 Å². The molecule has 0 aromatic carbocycles. The third-order valence-corrected chi connectivity index (χ3v) is 2.83. The molecular formula is C8H9FN6S. The van der Waals surface area contributed by atoms with Crippen LogP contribution in [-0.4, -0.2) is 31.8 Å². The van der Waals surface area contributed by atoms with Gasteiger partial charge in [-0.25, -0.2) is 14.4 Å². The molecule has 2 rings (SSSR count). The molecule has 0 aliphatic heterocycles. The van der Waals surface area contributed by atoms with E-state index in [-0.39, 0.29) is 5.03 Å². The van der Waals surface area contributed by atoms with Gasteiger partial charge in [0, 0.05) is 14.1 Å². The molecule has 0 amide bonds. The second-order valence-corrected chi connectivity index (χ2v) is 3.88. The van der Waals surface area contributed by atoms with Crippen molar-refractivity contribution in [1.29, 1.82) is 0 Å². The van der Waals surface area contributed by atoms with E-state index in [0.717, 1.165) is 18.0 Å². The number of anilines is 1. The summed E-state index contributed by atoms with van der Waals surface area (Å²) in [6.07, 6.45) is 2.66. The van der Waals surface area contributed by atoms with Crippen LogP contribution < -0.4 is 5.32 Å². The summed E-state index contributed by atoms with van der Waals surface area (Å²) in [7, 11) is 3.45. The quantitative estimate of drug-likeness (QED) is 0.805. The minimum atomic E-state index is -0.480. The minimum absolute atomic E-state index is 0.218. The van der Waals surface area contributed by atoms with E-state index in [0.29, 0.717) is 11.1 Å². The second-order valence-electron chi connectivity index (χ2n) is 2.92. The highest BCUT2D eigenvalue weighted by atomic mass is 32.2. The Morgan fingerprint density at radius 1 is 1.50 bits per heavy atom. The van der Waals surface area contributed by atoms with Crippen molar-refractivity contribution in [1.82, 2.24) is 24.7 Å². The van der Waals surface area contributed by atoms with Crippen LogP contribution in [0.1, 0.15) is 0 Å². The molecule has 6 nitrogen and oxygen atoms in total. The van der Waals surface area contributed by atoms with Gasteiger partial charge in [-0.1, -0.05) is 0 Å². The number of nitrogens with one attached hydrogen (secondary N) is 1. The Labute approximate surface area is 95.3 Å². The van der Waals surface area contributed by atoms with Crippen LogP contribution in [0, 0.1) is 5.82 Å². The molecule has 0 saturated carbocycles. The normalized spacial score (nSPS) is 10.4. The molecule has 0 unspecified atom stereocenters. The van der Waals surface area contributed by atoms with E-state index in [2.05, 4.69) is 25.5 Å². The van der Waals surface area contributed by atoms with Gasteiger partial charge in [0.1, 0.15) is 11.4 Å². The van der Waals surface area contributed by atoms with Gasteiger partial charge < -0.3 is 9.88 Å². The maximum Gasteiger partial charge on any atom is 0.223 e. The second kappa shape index (κ2) is 4.44. The zero-order valence-electron chi connectivity index (χ0n) is 8.68. The molecular weight excluding hydrogens is 231 g/mol. The Bertz CT molecular complexity index is 499. The number of hydrogen-bond donors (Lipinski definition) is 1. The first-order valence-corrected chi connectivity index (χ1v) is 5.24. The van der Waals surface area contributed by atoms with Gasteiger partial charge in [-0.05, 0) is 11.8 Å². The topological polar surface area (TPSA) is 68.5 Å². The molecule has 0 spiro atoms. The Kier molecular flexibility index (Phi) is 3.00. The van der Waals surface area contributed by atoms with Crippen molar-refractivity contribution in [2.24, 2.45) is 7.05 Å². The lowest BCUT2D eigenvalue weighted by Crippen LogP contribution is -1.99. The summed E-state index contributed by atoms with van der Waals surface area (Å²) in [5, 5.41) is 11.1. The summed E-state index contributed by atoms with van der Waals surface area (Å²) in [5.74, 6) is -0.113. The van der Waals surface area contributed by atoms with E-state index in [1.165, 1.54) is 0 Å². The largest absolute Gasteiger partial charge is 0.357 e. The van der Waals surface area contributed by atoms with Crippen molar-refractivity contribution in [3.63, 3.8) is 0 Å². The molecule has 0 aliphatic rings. The van der Waals surface area contributed by atoms with E-state index in [9.17, 15) is 4.39 Å². The fourth-order valence-corrected chi connectivity index (χ4v) is 1.73. The standard InChI is InChI=1S/C8H9FN6S/c1-10-7-11-3-5(9)6(13-7)16-8-14-12-4-15(8)2/h3-4H,1-2H3,(H,10,11,13). The third-order valence-electron chi connectivity index (χ3n) is 1.79. The predicted octanol–water partition coefficient (Wildman–Crippen LogP) is 0.937. The maximum atomic E-state index is 13.4. The number of hydrogen-bond acceptors (Lipinski definition) is 6. The molecule has 0 atom stereocenters. The molecule has 2 aromatic rings. The van der Waals surface area contributed by atoms with Crippen LogP contribution in [0.15, 0.2) is 22.7 Å². The van der Waals surface area contributed by atoms with Gasteiger partial charge in [-0.3, -0.25) is 0 Å². The summed E-state index contributed by atoms with van der Waals surface area (Å²) in [4.78, 5) is 7.75. The highest BCUT2D eigenvalue weighted by molar-refractivity contribution is 7.99. The number of rotatable bonds is 3. The maximum absolute atomic E-state index is 13.4. The Balaban J connectivity index is 2.30. The Morgan fingerprint density at radius 3 is 2.94 bits per heavy atom. The van der Waals surface area contributed by atoms with Crippen molar-refractivity contribution in [3.8, 4) is 0 Å². The summed E-state index contributed by atoms with van der Waals surface area (Å²) >= 11 is 1.10. The van der Waals surface area contributed by atoms with Gasteiger partial charge in [-0.15, -0.1) is 10.2 Å². The first-order chi connectivity index (χ1) is 7.70. The Hall–Kier alpha value is -1.70. The molecule has 0 saturated heterocycles. The van der Waals surface area contributed by atoms with Crippen molar-refractivity contribution in [2.75, 3.05) is 12.4 Å². The van der Waals surface area contributed by atoms with Gasteiger partial charge in [0.25, 0.3) is 0 Å². The van der Waals surface area contributed by atoms with E-state index < -0.39 is 5.82 Å². The summed E-state index contributed by atoms with van der Waals surface area (Å²) in [6.45, 7) is 0. The number of nitrogens with zero attached hydrogens (tertiary/aromatic N) is 5.